The number of amides is 2. The number of nitrogens with one attached hydrogen (secondary N) is 2. The lowest BCUT2D eigenvalue weighted by molar-refractivity contribution is -0.121. The first-order valence-electron chi connectivity index (χ1n) is 10.3. The second kappa shape index (κ2) is 11.8. The number of aryl methyl sites for hydroxylation is 1. The van der Waals surface area contributed by atoms with Gasteiger partial charge >= 0.3 is 0 Å². The van der Waals surface area contributed by atoms with Crippen LogP contribution in [0.4, 0.5) is 4.39 Å². The van der Waals surface area contributed by atoms with Gasteiger partial charge in [0.05, 0.1) is 19.1 Å². The van der Waals surface area contributed by atoms with Gasteiger partial charge in [0.1, 0.15) is 17.5 Å². The van der Waals surface area contributed by atoms with Crippen molar-refractivity contribution in [3.63, 3.8) is 0 Å². The van der Waals surface area contributed by atoms with Crippen molar-refractivity contribution in [1.82, 2.24) is 15.2 Å². The molecule has 0 aliphatic carbocycles. The van der Waals surface area contributed by atoms with Gasteiger partial charge in [-0.3, -0.25) is 9.59 Å². The van der Waals surface area contributed by atoms with E-state index < -0.39 is 11.7 Å². The van der Waals surface area contributed by atoms with Gasteiger partial charge in [0.15, 0.2) is 0 Å². The Bertz CT molecular complexity index is 1040. The third-order valence-corrected chi connectivity index (χ3v) is 5.02. The summed E-state index contributed by atoms with van der Waals surface area (Å²) in [5.74, 6) is -1.19. The number of hydrogen-bond acceptors (Lipinski definition) is 4. The standard InChI is InChI=1S/C24H29FN4O3/c1-16-10-20(18(3)29(16)17(2)15-32-4)13-21(14-26)24(31)28-9-8-27-23(30)12-19-6-5-7-22(25)11-19/h5-7,10-11,13,17H,8-9,12,15H2,1-4H3,(H,27,30)(H,28,31)/b21-13-. The fourth-order valence-electron chi connectivity index (χ4n) is 3.61. The molecular weight excluding hydrogens is 411 g/mol. The van der Waals surface area contributed by atoms with Gasteiger partial charge < -0.3 is 19.9 Å². The maximum atomic E-state index is 13.2. The van der Waals surface area contributed by atoms with E-state index in [4.69, 9.17) is 4.74 Å². The number of carbonyl (C=O) groups is 2. The fourth-order valence-corrected chi connectivity index (χ4v) is 3.61. The van der Waals surface area contributed by atoms with E-state index in [1.165, 1.54) is 12.1 Å². The van der Waals surface area contributed by atoms with Gasteiger partial charge in [-0.1, -0.05) is 12.1 Å². The minimum Gasteiger partial charge on any atom is -0.383 e. The van der Waals surface area contributed by atoms with E-state index >= 15 is 0 Å². The molecule has 170 valence electrons. The Labute approximate surface area is 187 Å². The summed E-state index contributed by atoms with van der Waals surface area (Å²) in [6, 6.07) is 9.82. The molecule has 2 amide bonds. The summed E-state index contributed by atoms with van der Waals surface area (Å²) >= 11 is 0. The number of carbonyl (C=O) groups excluding carboxylic acids is 2. The number of ether oxygens (including phenoxy) is 1. The van der Waals surface area contributed by atoms with Crippen LogP contribution < -0.4 is 10.6 Å². The Morgan fingerprint density at radius 1 is 1.25 bits per heavy atom. The largest absolute Gasteiger partial charge is 0.383 e. The van der Waals surface area contributed by atoms with E-state index in [1.54, 1.807) is 25.3 Å². The molecule has 2 aromatic rings. The van der Waals surface area contributed by atoms with Crippen LogP contribution in [0.25, 0.3) is 6.08 Å². The molecule has 0 saturated carbocycles. The first-order chi connectivity index (χ1) is 15.3. The lowest BCUT2D eigenvalue weighted by Gasteiger charge is -2.17. The van der Waals surface area contributed by atoms with E-state index in [0.717, 1.165) is 17.0 Å². The predicted octanol–water partition coefficient (Wildman–Crippen LogP) is 2.83. The molecule has 0 aliphatic rings. The van der Waals surface area contributed by atoms with Gasteiger partial charge in [-0.25, -0.2) is 4.39 Å². The van der Waals surface area contributed by atoms with Gasteiger partial charge in [-0.15, -0.1) is 0 Å². The monoisotopic (exact) mass is 440 g/mol. The molecule has 1 atom stereocenters. The molecule has 0 aliphatic heterocycles. The molecule has 1 aromatic carbocycles. The summed E-state index contributed by atoms with van der Waals surface area (Å²) in [6.07, 6.45) is 1.61. The second-order valence-corrected chi connectivity index (χ2v) is 7.58. The highest BCUT2D eigenvalue weighted by molar-refractivity contribution is 6.01. The summed E-state index contributed by atoms with van der Waals surface area (Å²) in [4.78, 5) is 24.4. The summed E-state index contributed by atoms with van der Waals surface area (Å²) < 4.78 is 20.5. The van der Waals surface area contributed by atoms with E-state index in [2.05, 4.69) is 15.2 Å². The second-order valence-electron chi connectivity index (χ2n) is 7.58. The summed E-state index contributed by atoms with van der Waals surface area (Å²) in [5.41, 5.74) is 3.30. The van der Waals surface area contributed by atoms with Gasteiger partial charge in [0.25, 0.3) is 5.91 Å². The van der Waals surface area contributed by atoms with Crippen molar-refractivity contribution in [1.29, 1.82) is 5.26 Å². The number of benzene rings is 1. The first kappa shape index (κ1) is 24.8. The van der Waals surface area contributed by atoms with Gasteiger partial charge in [0, 0.05) is 31.6 Å². The van der Waals surface area contributed by atoms with Crippen molar-refractivity contribution in [3.05, 3.63) is 64.2 Å². The zero-order valence-electron chi connectivity index (χ0n) is 18.9. The average Bonchev–Trinajstić information content (AvgIpc) is 3.02. The van der Waals surface area contributed by atoms with E-state index in [9.17, 15) is 19.2 Å². The molecule has 1 heterocycles. The highest BCUT2D eigenvalue weighted by atomic mass is 19.1. The van der Waals surface area contributed by atoms with Gasteiger partial charge in [-0.05, 0) is 56.2 Å². The number of aromatic nitrogens is 1. The molecular formula is C24H29FN4O3. The fraction of sp³-hybridized carbons (Fsp3) is 0.375. The van der Waals surface area contributed by atoms with Crippen LogP contribution in [-0.4, -0.2) is 43.2 Å². The van der Waals surface area contributed by atoms with Crippen LogP contribution in [0.3, 0.4) is 0 Å². The smallest absolute Gasteiger partial charge is 0.262 e. The van der Waals surface area contributed by atoms with Crippen LogP contribution in [0.2, 0.25) is 0 Å². The minimum absolute atomic E-state index is 0.0178. The third-order valence-electron chi connectivity index (χ3n) is 5.02. The number of nitriles is 1. The van der Waals surface area contributed by atoms with Crippen LogP contribution in [0.15, 0.2) is 35.9 Å². The number of nitrogens with zero attached hydrogens (tertiary/aromatic N) is 2. The molecule has 0 bridgehead atoms. The molecule has 0 spiro atoms. The van der Waals surface area contributed by atoms with Crippen molar-refractivity contribution in [3.8, 4) is 6.07 Å². The Morgan fingerprint density at radius 3 is 2.62 bits per heavy atom. The lowest BCUT2D eigenvalue weighted by Crippen LogP contribution is -2.35. The molecule has 8 heteroatoms. The SMILES string of the molecule is COCC(C)n1c(C)cc(/C=C(/C#N)C(=O)NCCNC(=O)Cc2cccc(F)c2)c1C. The summed E-state index contributed by atoms with van der Waals surface area (Å²) in [5, 5.41) is 14.7. The normalized spacial score (nSPS) is 12.2. The molecule has 7 nitrogen and oxygen atoms in total. The van der Waals surface area contributed by atoms with Crippen molar-refractivity contribution < 1.29 is 18.7 Å². The van der Waals surface area contributed by atoms with Crippen molar-refractivity contribution in [2.24, 2.45) is 0 Å². The Hall–Kier alpha value is -3.44. The molecule has 0 radical (unpaired) electrons. The molecule has 1 unspecified atom stereocenters. The van der Waals surface area contributed by atoms with E-state index in [1.807, 2.05) is 32.9 Å². The van der Waals surface area contributed by atoms with Gasteiger partial charge in [-0.2, -0.15) is 5.26 Å². The van der Waals surface area contributed by atoms with E-state index in [0.29, 0.717) is 12.2 Å². The molecule has 0 saturated heterocycles. The summed E-state index contributed by atoms with van der Waals surface area (Å²) in [6.45, 7) is 6.85. The third kappa shape index (κ3) is 6.79. The minimum atomic E-state index is -0.512. The van der Waals surface area contributed by atoms with Crippen molar-refractivity contribution >= 4 is 17.9 Å². The van der Waals surface area contributed by atoms with Crippen LogP contribution >= 0.6 is 0 Å². The molecule has 0 fully saturated rings. The zero-order chi connectivity index (χ0) is 23.7. The van der Waals surface area contributed by atoms with Crippen LogP contribution in [-0.2, 0) is 20.7 Å². The predicted molar refractivity (Wildman–Crippen MR) is 120 cm³/mol. The average molecular weight is 441 g/mol. The van der Waals surface area contributed by atoms with Crippen LogP contribution in [0.1, 0.15) is 35.5 Å². The highest BCUT2D eigenvalue weighted by Crippen LogP contribution is 2.22. The first-order valence-corrected chi connectivity index (χ1v) is 10.3. The van der Waals surface area contributed by atoms with Crippen molar-refractivity contribution in [2.75, 3.05) is 26.8 Å². The number of hydrogen-bond donors (Lipinski definition) is 2. The number of halogens is 1. The number of rotatable bonds is 10. The number of methoxy groups -OCH3 is 1. The quantitative estimate of drug-likeness (QED) is 0.337. The highest BCUT2D eigenvalue weighted by Gasteiger charge is 2.15. The molecule has 32 heavy (non-hydrogen) atoms. The molecule has 2 N–H and O–H groups in total. The van der Waals surface area contributed by atoms with Gasteiger partial charge in [0.2, 0.25) is 5.91 Å². The van der Waals surface area contributed by atoms with Crippen LogP contribution in [0.5, 0.6) is 0 Å². The zero-order valence-corrected chi connectivity index (χ0v) is 18.9. The van der Waals surface area contributed by atoms with Crippen LogP contribution in [0, 0.1) is 31.0 Å². The Balaban J connectivity index is 1.92. The van der Waals surface area contributed by atoms with Crippen molar-refractivity contribution in [2.45, 2.75) is 33.2 Å². The molecule has 1 aromatic heterocycles. The summed E-state index contributed by atoms with van der Waals surface area (Å²) in [7, 11) is 1.65. The molecule has 2 rings (SSSR count). The lowest BCUT2D eigenvalue weighted by atomic mass is 10.1. The van der Waals surface area contributed by atoms with E-state index in [-0.39, 0.29) is 37.0 Å². The maximum Gasteiger partial charge on any atom is 0.262 e. The topological polar surface area (TPSA) is 96.2 Å². The Morgan fingerprint density at radius 2 is 1.97 bits per heavy atom. The maximum absolute atomic E-state index is 13.2. The Kier molecular flexibility index (Phi) is 9.17.